The molecule has 0 unspecified atom stereocenters. The first kappa shape index (κ1) is 57.0. The van der Waals surface area contributed by atoms with Crippen LogP contribution in [0.4, 0.5) is 23.2 Å². The van der Waals surface area contributed by atoms with Crippen LogP contribution in [0.25, 0.3) is 0 Å². The Balaban J connectivity index is 0.749. The van der Waals surface area contributed by atoms with Crippen molar-refractivity contribution in [1.82, 2.24) is 30.8 Å². The molecule has 1 aliphatic heterocycles. The number of likely N-dealkylation sites (tertiary alicyclic amines) is 1. The molecule has 2 aromatic carbocycles. The molecule has 3 aliphatic rings. The maximum absolute atomic E-state index is 14.4. The van der Waals surface area contributed by atoms with E-state index in [0.29, 0.717) is 77.0 Å². The van der Waals surface area contributed by atoms with E-state index in [2.05, 4.69) is 31.2 Å². The number of ether oxygens (including phenoxy) is 4. The second-order valence-corrected chi connectivity index (χ2v) is 21.4. The SMILES string of the molecule is CN1C(=O)C[C@H](C(=O)NCCOC2CCC(OCCCC(=O)NC3CCC(C(=O)NCCCOc4cc(F)ccc4Oc4ncc(C(F)(F)F)cc4C(=O)Nc4cccc([S@](C)(=N)=O)c4)CC3)CC2)[C@H]1c1cccnc1. The molecule has 0 radical (unpaired) electrons. The first-order chi connectivity index (χ1) is 36.3. The Morgan fingerprint density at radius 2 is 1.55 bits per heavy atom. The molecule has 2 aliphatic carbocycles. The van der Waals surface area contributed by atoms with E-state index in [0.717, 1.165) is 43.4 Å². The smallest absolute Gasteiger partial charge is 0.417 e. The number of carbonyl (C=O) groups is 5. The molecule has 18 nitrogen and oxygen atoms in total. The van der Waals surface area contributed by atoms with Gasteiger partial charge in [-0.3, -0.25) is 29.0 Å². The number of benzene rings is 2. The second-order valence-electron chi connectivity index (χ2n) is 19.3. The van der Waals surface area contributed by atoms with Crippen LogP contribution in [0, 0.1) is 22.4 Å². The zero-order valence-corrected chi connectivity index (χ0v) is 43.2. The van der Waals surface area contributed by atoms with Gasteiger partial charge in [-0.25, -0.2) is 18.4 Å². The number of aromatic nitrogens is 2. The Bertz CT molecular complexity index is 2780. The van der Waals surface area contributed by atoms with Gasteiger partial charge in [0.15, 0.2) is 11.5 Å². The summed E-state index contributed by atoms with van der Waals surface area (Å²) in [6, 6.07) is 12.5. The second kappa shape index (κ2) is 26.4. The third kappa shape index (κ3) is 16.2. The average molecular weight is 1080 g/mol. The number of rotatable bonds is 23. The molecule has 1 saturated heterocycles. The molecule has 5 N–H and O–H groups in total. The van der Waals surface area contributed by atoms with Gasteiger partial charge in [0.25, 0.3) is 5.91 Å². The van der Waals surface area contributed by atoms with Crippen LogP contribution in [0.2, 0.25) is 0 Å². The lowest BCUT2D eigenvalue weighted by molar-refractivity contribution is -0.138. The lowest BCUT2D eigenvalue weighted by atomic mass is 9.85. The van der Waals surface area contributed by atoms with Crippen molar-refractivity contribution >= 4 is 45.0 Å². The Labute approximate surface area is 438 Å². The Hall–Kier alpha value is -6.72. The maximum atomic E-state index is 14.4. The van der Waals surface area contributed by atoms with Crippen LogP contribution in [0.3, 0.4) is 0 Å². The molecule has 5 amide bonds. The van der Waals surface area contributed by atoms with E-state index in [9.17, 15) is 45.7 Å². The van der Waals surface area contributed by atoms with Crippen LogP contribution in [-0.2, 0) is 44.6 Å². The minimum absolute atomic E-state index is 0.0227. The van der Waals surface area contributed by atoms with Gasteiger partial charge < -0.3 is 45.1 Å². The molecular weight excluding hydrogens is 1020 g/mol. The minimum atomic E-state index is -4.87. The lowest BCUT2D eigenvalue weighted by Gasteiger charge is -2.29. The van der Waals surface area contributed by atoms with Crippen molar-refractivity contribution in [2.75, 3.05) is 51.5 Å². The molecule has 2 saturated carbocycles. The van der Waals surface area contributed by atoms with Crippen molar-refractivity contribution in [2.45, 2.75) is 112 Å². The van der Waals surface area contributed by atoms with Crippen molar-refractivity contribution in [3.63, 3.8) is 0 Å². The van der Waals surface area contributed by atoms with Crippen LogP contribution in [-0.4, -0.2) is 113 Å². The summed E-state index contributed by atoms with van der Waals surface area (Å²) in [5.41, 5.74) is -0.982. The number of amides is 5. The zero-order chi connectivity index (χ0) is 54.4. The normalized spacial score (nSPS) is 21.5. The lowest BCUT2D eigenvalue weighted by Crippen LogP contribution is -2.41. The van der Waals surface area contributed by atoms with Gasteiger partial charge in [-0.2, -0.15) is 13.2 Å². The minimum Gasteiger partial charge on any atom is -0.489 e. The van der Waals surface area contributed by atoms with E-state index in [-0.39, 0.29) is 95.5 Å². The number of alkyl halides is 3. The maximum Gasteiger partial charge on any atom is 0.417 e. The van der Waals surface area contributed by atoms with E-state index in [1.165, 1.54) is 36.6 Å². The summed E-state index contributed by atoms with van der Waals surface area (Å²) in [6.07, 6.45) is 7.43. The molecule has 3 atom stereocenters. The fourth-order valence-corrected chi connectivity index (χ4v) is 10.2. The quantitative estimate of drug-likeness (QED) is 0.0354. The first-order valence-electron chi connectivity index (χ1n) is 25.4. The van der Waals surface area contributed by atoms with Gasteiger partial charge in [0.05, 0.1) is 52.7 Å². The van der Waals surface area contributed by atoms with Crippen LogP contribution < -0.4 is 30.7 Å². The molecule has 410 valence electrons. The molecule has 23 heteroatoms. The molecule has 0 bridgehead atoms. The fraction of sp³-hybridized carbons (Fsp3) is 0.491. The number of nitrogens with zero attached hydrogens (tertiary/aromatic N) is 3. The van der Waals surface area contributed by atoms with Gasteiger partial charge >= 0.3 is 6.18 Å². The molecular formula is C53H64F4N8O10S. The Morgan fingerprint density at radius 1 is 0.829 bits per heavy atom. The first-order valence-corrected chi connectivity index (χ1v) is 27.3. The molecule has 76 heavy (non-hydrogen) atoms. The topological polar surface area (TPSA) is 240 Å². The van der Waals surface area contributed by atoms with Gasteiger partial charge in [0.2, 0.25) is 29.5 Å². The summed E-state index contributed by atoms with van der Waals surface area (Å²) < 4.78 is 99.3. The van der Waals surface area contributed by atoms with Crippen LogP contribution in [0.1, 0.15) is 105 Å². The summed E-state index contributed by atoms with van der Waals surface area (Å²) in [5.74, 6) is -3.81. The van der Waals surface area contributed by atoms with E-state index in [1.807, 2.05) is 6.07 Å². The van der Waals surface area contributed by atoms with Gasteiger partial charge in [0, 0.05) is 93.0 Å². The largest absolute Gasteiger partial charge is 0.489 e. The number of carbonyl (C=O) groups excluding carboxylic acids is 5. The highest BCUT2D eigenvalue weighted by Gasteiger charge is 2.43. The van der Waals surface area contributed by atoms with Crippen LogP contribution >= 0.6 is 0 Å². The Morgan fingerprint density at radius 3 is 2.25 bits per heavy atom. The van der Waals surface area contributed by atoms with E-state index < -0.39 is 50.6 Å². The number of halogens is 4. The number of anilines is 1. The molecule has 4 aromatic rings. The number of nitrogens with one attached hydrogen (secondary N) is 5. The zero-order valence-electron chi connectivity index (χ0n) is 42.3. The van der Waals surface area contributed by atoms with Crippen molar-refractivity contribution in [3.05, 3.63) is 102 Å². The summed E-state index contributed by atoms with van der Waals surface area (Å²) in [4.78, 5) is 74.3. The highest BCUT2D eigenvalue weighted by Crippen LogP contribution is 2.38. The van der Waals surface area contributed by atoms with E-state index in [4.69, 9.17) is 23.7 Å². The highest BCUT2D eigenvalue weighted by molar-refractivity contribution is 7.91. The molecule has 2 aromatic heterocycles. The van der Waals surface area contributed by atoms with Gasteiger partial charge in [-0.15, -0.1) is 0 Å². The predicted octanol–water partition coefficient (Wildman–Crippen LogP) is 7.74. The van der Waals surface area contributed by atoms with Gasteiger partial charge in [0.1, 0.15) is 11.4 Å². The summed E-state index contributed by atoms with van der Waals surface area (Å²) in [7, 11) is -1.47. The van der Waals surface area contributed by atoms with Crippen molar-refractivity contribution < 1.29 is 64.7 Å². The standard InChI is InChI=1S/C53H64F4N8O10S/c1-65-47(67)30-42(48(65)34-7-4-21-59-31-34)50(69)61-23-26-73-40-18-16-39(17-19-40)72-24-5-10-46(66)63-37-14-11-33(12-15-37)49(68)60-22-6-25-74-45-28-36(54)13-20-44(45)75-52-43(27-35(32-62-52)53(55,56)57)51(70)64-38-8-3-9-41(29-38)76(2,58)71/h3-4,7-9,13,20-21,27-29,31-33,37,39-40,42,48,58H,5-6,10-12,14-19,22-26,30H2,1-2H3,(H,60,68)(H,61,69)(H,63,66)(H,64,70)/t33?,37?,39?,40?,42-,48+,76+/m0/s1. The van der Waals surface area contributed by atoms with Crippen molar-refractivity contribution in [1.29, 1.82) is 4.78 Å². The summed E-state index contributed by atoms with van der Waals surface area (Å²) >= 11 is 0. The molecule has 3 fully saturated rings. The third-order valence-corrected chi connectivity index (χ3v) is 14.8. The Kier molecular flexibility index (Phi) is 19.8. The van der Waals surface area contributed by atoms with Gasteiger partial charge in [-0.05, 0) is 112 Å². The summed E-state index contributed by atoms with van der Waals surface area (Å²) in [6.45, 7) is 1.37. The number of hydrogen-bond donors (Lipinski definition) is 5. The van der Waals surface area contributed by atoms with Crippen LogP contribution in [0.15, 0.2) is 84.1 Å². The van der Waals surface area contributed by atoms with E-state index >= 15 is 0 Å². The average Bonchev–Trinajstić information content (AvgIpc) is 3.70. The third-order valence-electron chi connectivity index (χ3n) is 13.6. The predicted molar refractivity (Wildman–Crippen MR) is 270 cm³/mol. The van der Waals surface area contributed by atoms with Crippen molar-refractivity contribution in [3.8, 4) is 17.4 Å². The van der Waals surface area contributed by atoms with Gasteiger partial charge in [-0.1, -0.05) is 12.1 Å². The molecule has 3 heterocycles. The van der Waals surface area contributed by atoms with Crippen LogP contribution in [0.5, 0.6) is 17.4 Å². The number of pyridine rings is 2. The van der Waals surface area contributed by atoms with Crippen molar-refractivity contribution in [2.24, 2.45) is 11.8 Å². The monoisotopic (exact) mass is 1080 g/mol. The highest BCUT2D eigenvalue weighted by atomic mass is 32.2. The number of hydrogen-bond acceptors (Lipinski definition) is 13. The summed E-state index contributed by atoms with van der Waals surface area (Å²) in [5, 5.41) is 11.4. The molecule has 7 rings (SSSR count). The fourth-order valence-electron chi connectivity index (χ4n) is 9.55. The van der Waals surface area contributed by atoms with E-state index in [1.54, 1.807) is 30.4 Å². The molecule has 0 spiro atoms.